The molecule has 15 heavy (non-hydrogen) atoms. The second-order valence-corrected chi connectivity index (χ2v) is 4.06. The van der Waals surface area contributed by atoms with Crippen LogP contribution >= 0.6 is 11.6 Å². The van der Waals surface area contributed by atoms with Gasteiger partial charge >= 0.3 is 0 Å². The van der Waals surface area contributed by atoms with Crippen LogP contribution in [0.25, 0.3) is 0 Å². The van der Waals surface area contributed by atoms with Crippen LogP contribution in [0.4, 0.5) is 0 Å². The third-order valence-electron chi connectivity index (χ3n) is 2.53. The summed E-state index contributed by atoms with van der Waals surface area (Å²) in [5, 5.41) is 0. The van der Waals surface area contributed by atoms with Gasteiger partial charge in [0.1, 0.15) is 6.10 Å². The number of alkyl halides is 1. The van der Waals surface area contributed by atoms with E-state index in [9.17, 15) is 0 Å². The van der Waals surface area contributed by atoms with Crippen molar-refractivity contribution >= 4 is 11.6 Å². The summed E-state index contributed by atoms with van der Waals surface area (Å²) in [7, 11) is 0. The monoisotopic (exact) mass is 226 g/mol. The number of nitrogens with zero attached hydrogens (tertiary/aromatic N) is 2. The molecule has 1 heterocycles. The fourth-order valence-electron chi connectivity index (χ4n) is 1.58. The van der Waals surface area contributed by atoms with Gasteiger partial charge in [0, 0.05) is 24.6 Å². The number of aromatic nitrogens is 2. The SMILES string of the molecule is CCOC(c1ncc(CCl)cn1)C1CC1. The van der Waals surface area contributed by atoms with Crippen molar-refractivity contribution < 1.29 is 4.74 Å². The van der Waals surface area contributed by atoms with Crippen molar-refractivity contribution in [2.45, 2.75) is 31.7 Å². The molecule has 0 aliphatic heterocycles. The summed E-state index contributed by atoms with van der Waals surface area (Å²) in [5.41, 5.74) is 0.950. The maximum Gasteiger partial charge on any atom is 0.157 e. The van der Waals surface area contributed by atoms with Gasteiger partial charge in [0.2, 0.25) is 0 Å². The molecule has 0 saturated heterocycles. The van der Waals surface area contributed by atoms with Crippen LogP contribution in [0.5, 0.6) is 0 Å². The molecule has 0 amide bonds. The number of hydrogen-bond donors (Lipinski definition) is 0. The lowest BCUT2D eigenvalue weighted by molar-refractivity contribution is 0.0400. The Morgan fingerprint density at radius 1 is 1.47 bits per heavy atom. The molecule has 2 rings (SSSR count). The average Bonchev–Trinajstić information content (AvgIpc) is 3.10. The molecule has 0 aromatic carbocycles. The molecule has 1 aromatic heterocycles. The van der Waals surface area contributed by atoms with Gasteiger partial charge in [-0.2, -0.15) is 0 Å². The van der Waals surface area contributed by atoms with E-state index in [2.05, 4.69) is 9.97 Å². The Morgan fingerprint density at radius 3 is 2.60 bits per heavy atom. The van der Waals surface area contributed by atoms with E-state index in [1.54, 1.807) is 12.4 Å². The predicted molar refractivity (Wildman–Crippen MR) is 58.7 cm³/mol. The van der Waals surface area contributed by atoms with Crippen LogP contribution in [-0.4, -0.2) is 16.6 Å². The topological polar surface area (TPSA) is 35.0 Å². The predicted octanol–water partition coefficient (Wildman–Crippen LogP) is 2.70. The lowest BCUT2D eigenvalue weighted by atomic mass is 10.2. The van der Waals surface area contributed by atoms with Crippen molar-refractivity contribution in [1.82, 2.24) is 9.97 Å². The standard InChI is InChI=1S/C11H15ClN2O/c1-2-15-10(9-3-4-9)11-13-6-8(5-12)7-14-11/h6-7,9-10H,2-5H2,1H3. The molecule has 1 fully saturated rings. The lowest BCUT2D eigenvalue weighted by Crippen LogP contribution is -2.10. The van der Waals surface area contributed by atoms with E-state index in [1.165, 1.54) is 12.8 Å². The van der Waals surface area contributed by atoms with Gasteiger partial charge in [0.25, 0.3) is 0 Å². The van der Waals surface area contributed by atoms with Crippen molar-refractivity contribution in [3.63, 3.8) is 0 Å². The van der Waals surface area contributed by atoms with Crippen LogP contribution in [0.2, 0.25) is 0 Å². The average molecular weight is 227 g/mol. The van der Waals surface area contributed by atoms with Crippen LogP contribution < -0.4 is 0 Å². The van der Waals surface area contributed by atoms with Crippen molar-refractivity contribution in [2.75, 3.05) is 6.61 Å². The summed E-state index contributed by atoms with van der Waals surface area (Å²) in [4.78, 5) is 8.62. The Labute approximate surface area is 94.8 Å². The third kappa shape index (κ3) is 2.67. The summed E-state index contributed by atoms with van der Waals surface area (Å²) >= 11 is 5.68. The van der Waals surface area contributed by atoms with E-state index in [0.29, 0.717) is 18.4 Å². The highest BCUT2D eigenvalue weighted by atomic mass is 35.5. The molecule has 82 valence electrons. The van der Waals surface area contributed by atoms with Gasteiger partial charge in [0.15, 0.2) is 5.82 Å². The third-order valence-corrected chi connectivity index (χ3v) is 2.84. The Hall–Kier alpha value is -0.670. The molecule has 0 radical (unpaired) electrons. The largest absolute Gasteiger partial charge is 0.370 e. The van der Waals surface area contributed by atoms with Crippen LogP contribution in [-0.2, 0) is 10.6 Å². The van der Waals surface area contributed by atoms with E-state index in [-0.39, 0.29) is 6.10 Å². The van der Waals surface area contributed by atoms with Crippen LogP contribution in [0.3, 0.4) is 0 Å². The second-order valence-electron chi connectivity index (χ2n) is 3.80. The Kier molecular flexibility index (Phi) is 3.54. The molecule has 1 aromatic rings. The smallest absolute Gasteiger partial charge is 0.157 e. The summed E-state index contributed by atoms with van der Waals surface area (Å²) < 4.78 is 5.67. The van der Waals surface area contributed by atoms with Crippen LogP contribution in [0.1, 0.15) is 37.3 Å². The van der Waals surface area contributed by atoms with Crippen molar-refractivity contribution in [2.24, 2.45) is 5.92 Å². The first-order valence-electron chi connectivity index (χ1n) is 5.33. The Bertz CT molecular complexity index is 311. The van der Waals surface area contributed by atoms with Crippen molar-refractivity contribution in [3.05, 3.63) is 23.8 Å². The fraction of sp³-hybridized carbons (Fsp3) is 0.636. The first-order chi connectivity index (χ1) is 7.35. The maximum atomic E-state index is 5.68. The molecule has 1 atom stereocenters. The van der Waals surface area contributed by atoms with E-state index < -0.39 is 0 Å². The van der Waals surface area contributed by atoms with Gasteiger partial charge in [-0.15, -0.1) is 11.6 Å². The van der Waals surface area contributed by atoms with Gasteiger partial charge in [-0.25, -0.2) is 9.97 Å². The molecule has 1 aliphatic carbocycles. The van der Waals surface area contributed by atoms with Gasteiger partial charge < -0.3 is 4.74 Å². The minimum Gasteiger partial charge on any atom is -0.370 e. The van der Waals surface area contributed by atoms with Crippen LogP contribution in [0, 0.1) is 5.92 Å². The summed E-state index contributed by atoms with van der Waals surface area (Å²) in [6.45, 7) is 2.71. The molecule has 1 aliphatic rings. The molecule has 0 N–H and O–H groups in total. The number of rotatable bonds is 5. The molecular formula is C11H15ClN2O. The Balaban J connectivity index is 2.10. The molecule has 3 nitrogen and oxygen atoms in total. The molecule has 1 saturated carbocycles. The summed E-state index contributed by atoms with van der Waals surface area (Å²) in [5.74, 6) is 1.88. The van der Waals surface area contributed by atoms with E-state index in [1.807, 2.05) is 6.92 Å². The Morgan fingerprint density at radius 2 is 2.13 bits per heavy atom. The van der Waals surface area contributed by atoms with E-state index >= 15 is 0 Å². The zero-order valence-electron chi connectivity index (χ0n) is 8.82. The molecule has 4 heteroatoms. The van der Waals surface area contributed by atoms with Crippen molar-refractivity contribution in [3.8, 4) is 0 Å². The fourth-order valence-corrected chi connectivity index (χ4v) is 1.72. The first-order valence-corrected chi connectivity index (χ1v) is 5.87. The first kappa shape index (κ1) is 10.8. The number of ether oxygens (including phenoxy) is 1. The molecular weight excluding hydrogens is 212 g/mol. The molecule has 0 bridgehead atoms. The minimum atomic E-state index is 0.0828. The second kappa shape index (κ2) is 4.90. The quantitative estimate of drug-likeness (QED) is 0.725. The summed E-state index contributed by atoms with van der Waals surface area (Å²) in [6, 6.07) is 0. The molecule has 0 spiro atoms. The van der Waals surface area contributed by atoms with E-state index in [0.717, 1.165) is 11.4 Å². The maximum absolute atomic E-state index is 5.68. The zero-order chi connectivity index (χ0) is 10.7. The van der Waals surface area contributed by atoms with Gasteiger partial charge in [-0.3, -0.25) is 0 Å². The highest BCUT2D eigenvalue weighted by Crippen LogP contribution is 2.41. The highest BCUT2D eigenvalue weighted by molar-refractivity contribution is 6.17. The van der Waals surface area contributed by atoms with Gasteiger partial charge in [-0.05, 0) is 25.7 Å². The van der Waals surface area contributed by atoms with Crippen LogP contribution in [0.15, 0.2) is 12.4 Å². The lowest BCUT2D eigenvalue weighted by Gasteiger charge is -2.14. The van der Waals surface area contributed by atoms with E-state index in [4.69, 9.17) is 16.3 Å². The normalized spacial score (nSPS) is 17.7. The summed E-state index contributed by atoms with van der Waals surface area (Å²) in [6.07, 6.45) is 6.10. The number of hydrogen-bond acceptors (Lipinski definition) is 3. The van der Waals surface area contributed by atoms with Gasteiger partial charge in [-0.1, -0.05) is 0 Å². The molecule has 1 unspecified atom stereocenters. The number of halogens is 1. The van der Waals surface area contributed by atoms with Gasteiger partial charge in [0.05, 0.1) is 5.88 Å². The highest BCUT2D eigenvalue weighted by Gasteiger charge is 2.34. The minimum absolute atomic E-state index is 0.0828. The van der Waals surface area contributed by atoms with Crippen molar-refractivity contribution in [1.29, 1.82) is 0 Å². The zero-order valence-corrected chi connectivity index (χ0v) is 9.57.